The molecule has 1 heterocycles. The van der Waals surface area contributed by atoms with Gasteiger partial charge in [-0.15, -0.1) is 12.4 Å². The molecule has 0 aromatic carbocycles. The SMILES string of the molecule is CCCC(N)C(=O)N(C)C(C)c1ccncc1.Cl. The smallest absolute Gasteiger partial charge is 0.239 e. The van der Waals surface area contributed by atoms with E-state index >= 15 is 0 Å². The van der Waals surface area contributed by atoms with Gasteiger partial charge in [0.15, 0.2) is 0 Å². The van der Waals surface area contributed by atoms with E-state index in [-0.39, 0.29) is 24.4 Å². The fraction of sp³-hybridized carbons (Fsp3) is 0.538. The molecule has 0 aliphatic rings. The quantitative estimate of drug-likeness (QED) is 0.893. The number of hydrogen-bond acceptors (Lipinski definition) is 3. The molecule has 0 saturated carbocycles. The summed E-state index contributed by atoms with van der Waals surface area (Å²) in [5.41, 5.74) is 6.91. The molecule has 18 heavy (non-hydrogen) atoms. The van der Waals surface area contributed by atoms with Crippen molar-refractivity contribution in [2.75, 3.05) is 7.05 Å². The van der Waals surface area contributed by atoms with Gasteiger partial charge < -0.3 is 10.6 Å². The minimum absolute atomic E-state index is 0. The van der Waals surface area contributed by atoms with E-state index in [1.165, 1.54) is 0 Å². The van der Waals surface area contributed by atoms with Gasteiger partial charge >= 0.3 is 0 Å². The van der Waals surface area contributed by atoms with Crippen LogP contribution in [0.25, 0.3) is 0 Å². The summed E-state index contributed by atoms with van der Waals surface area (Å²) in [6.07, 6.45) is 5.11. The second-order valence-electron chi connectivity index (χ2n) is 4.30. The molecule has 1 rings (SSSR count). The number of carbonyl (C=O) groups is 1. The van der Waals surface area contributed by atoms with Crippen molar-refractivity contribution in [3.05, 3.63) is 30.1 Å². The number of nitrogens with two attached hydrogens (primary N) is 1. The summed E-state index contributed by atoms with van der Waals surface area (Å²) in [5, 5.41) is 0. The van der Waals surface area contributed by atoms with Crippen molar-refractivity contribution in [3.8, 4) is 0 Å². The minimum Gasteiger partial charge on any atom is -0.338 e. The average molecular weight is 272 g/mol. The Morgan fingerprint density at radius 3 is 2.50 bits per heavy atom. The van der Waals surface area contributed by atoms with E-state index in [1.807, 2.05) is 26.0 Å². The molecule has 2 N–H and O–H groups in total. The van der Waals surface area contributed by atoms with Gasteiger partial charge in [-0.05, 0) is 31.0 Å². The maximum atomic E-state index is 12.0. The Hall–Kier alpha value is -1.13. The number of nitrogens with zero attached hydrogens (tertiary/aromatic N) is 2. The lowest BCUT2D eigenvalue weighted by molar-refractivity contribution is -0.133. The van der Waals surface area contributed by atoms with Crippen LogP contribution in [0.5, 0.6) is 0 Å². The highest BCUT2D eigenvalue weighted by Crippen LogP contribution is 2.18. The molecule has 0 radical (unpaired) electrons. The third-order valence-corrected chi connectivity index (χ3v) is 3.03. The van der Waals surface area contributed by atoms with Crippen molar-refractivity contribution in [2.45, 2.75) is 38.8 Å². The lowest BCUT2D eigenvalue weighted by Crippen LogP contribution is -2.42. The fourth-order valence-corrected chi connectivity index (χ4v) is 1.75. The van der Waals surface area contributed by atoms with Crippen LogP contribution in [0.1, 0.15) is 38.3 Å². The first-order valence-corrected chi connectivity index (χ1v) is 6.00. The molecule has 102 valence electrons. The number of likely N-dealkylation sites (N-methyl/N-ethyl adjacent to an activating group) is 1. The maximum absolute atomic E-state index is 12.0. The van der Waals surface area contributed by atoms with Crippen LogP contribution in [-0.2, 0) is 4.79 Å². The Bertz CT molecular complexity index is 359. The Balaban J connectivity index is 0.00000289. The molecular weight excluding hydrogens is 250 g/mol. The van der Waals surface area contributed by atoms with Crippen LogP contribution in [0.4, 0.5) is 0 Å². The molecule has 1 aromatic rings. The summed E-state index contributed by atoms with van der Waals surface area (Å²) in [4.78, 5) is 17.7. The van der Waals surface area contributed by atoms with E-state index in [0.717, 1.165) is 18.4 Å². The number of rotatable bonds is 5. The lowest BCUT2D eigenvalue weighted by atomic mass is 10.1. The van der Waals surface area contributed by atoms with Gasteiger partial charge in [-0.1, -0.05) is 13.3 Å². The van der Waals surface area contributed by atoms with E-state index in [2.05, 4.69) is 4.98 Å². The standard InChI is InChI=1S/C13H21N3O.ClH/c1-4-5-12(14)13(17)16(3)10(2)11-6-8-15-9-7-11;/h6-10,12H,4-5,14H2,1-3H3;1H. The maximum Gasteiger partial charge on any atom is 0.239 e. The average Bonchev–Trinajstić information content (AvgIpc) is 2.37. The molecule has 0 fully saturated rings. The zero-order valence-corrected chi connectivity index (χ0v) is 12.0. The fourth-order valence-electron chi connectivity index (χ4n) is 1.75. The first-order chi connectivity index (χ1) is 8.07. The number of carbonyl (C=O) groups excluding carboxylic acids is 1. The van der Waals surface area contributed by atoms with Crippen molar-refractivity contribution in [1.82, 2.24) is 9.88 Å². The van der Waals surface area contributed by atoms with Crippen LogP contribution in [-0.4, -0.2) is 28.9 Å². The molecule has 1 amide bonds. The predicted octanol–water partition coefficient (Wildman–Crippen LogP) is 2.15. The molecule has 2 unspecified atom stereocenters. The molecule has 0 bridgehead atoms. The van der Waals surface area contributed by atoms with E-state index in [4.69, 9.17) is 5.73 Å². The van der Waals surface area contributed by atoms with Crippen LogP contribution in [0.15, 0.2) is 24.5 Å². The van der Waals surface area contributed by atoms with Gasteiger partial charge in [0.1, 0.15) is 0 Å². The second kappa shape index (κ2) is 8.06. The molecule has 2 atom stereocenters. The molecule has 0 aliphatic carbocycles. The van der Waals surface area contributed by atoms with E-state index in [1.54, 1.807) is 24.3 Å². The highest BCUT2D eigenvalue weighted by atomic mass is 35.5. The monoisotopic (exact) mass is 271 g/mol. The first kappa shape index (κ1) is 16.9. The van der Waals surface area contributed by atoms with Crippen molar-refractivity contribution < 1.29 is 4.79 Å². The highest BCUT2D eigenvalue weighted by Gasteiger charge is 2.22. The molecule has 0 aliphatic heterocycles. The number of hydrogen-bond donors (Lipinski definition) is 1. The molecule has 5 heteroatoms. The topological polar surface area (TPSA) is 59.2 Å². The Labute approximate surface area is 115 Å². The second-order valence-corrected chi connectivity index (χ2v) is 4.30. The van der Waals surface area contributed by atoms with Gasteiger partial charge in [-0.3, -0.25) is 9.78 Å². The summed E-state index contributed by atoms with van der Waals surface area (Å²) >= 11 is 0. The van der Waals surface area contributed by atoms with Crippen LogP contribution in [0.2, 0.25) is 0 Å². The third kappa shape index (κ3) is 4.27. The highest BCUT2D eigenvalue weighted by molar-refractivity contribution is 5.85. The van der Waals surface area contributed by atoms with E-state index < -0.39 is 6.04 Å². The normalized spacial score (nSPS) is 13.3. The first-order valence-electron chi connectivity index (χ1n) is 6.00. The van der Waals surface area contributed by atoms with Crippen LogP contribution >= 0.6 is 12.4 Å². The van der Waals surface area contributed by atoms with Crippen molar-refractivity contribution in [1.29, 1.82) is 0 Å². The summed E-state index contributed by atoms with van der Waals surface area (Å²) in [6.45, 7) is 4.02. The molecule has 0 spiro atoms. The van der Waals surface area contributed by atoms with Crippen LogP contribution < -0.4 is 5.73 Å². The largest absolute Gasteiger partial charge is 0.338 e. The predicted molar refractivity (Wildman–Crippen MR) is 75.6 cm³/mol. The Morgan fingerprint density at radius 1 is 1.44 bits per heavy atom. The number of pyridine rings is 1. The van der Waals surface area contributed by atoms with Crippen molar-refractivity contribution in [2.24, 2.45) is 5.73 Å². The van der Waals surface area contributed by atoms with Gasteiger partial charge in [0.25, 0.3) is 0 Å². The van der Waals surface area contributed by atoms with Crippen LogP contribution in [0, 0.1) is 0 Å². The molecule has 1 aromatic heterocycles. The van der Waals surface area contributed by atoms with Gasteiger partial charge in [0.05, 0.1) is 12.1 Å². The summed E-state index contributed by atoms with van der Waals surface area (Å²) in [5.74, 6) is -0.00355. The van der Waals surface area contributed by atoms with Crippen LogP contribution in [0.3, 0.4) is 0 Å². The third-order valence-electron chi connectivity index (χ3n) is 3.03. The summed E-state index contributed by atoms with van der Waals surface area (Å²) in [7, 11) is 1.79. The molecule has 0 saturated heterocycles. The zero-order chi connectivity index (χ0) is 12.8. The summed E-state index contributed by atoms with van der Waals surface area (Å²) < 4.78 is 0. The van der Waals surface area contributed by atoms with Gasteiger partial charge in [-0.25, -0.2) is 0 Å². The molecule has 4 nitrogen and oxygen atoms in total. The number of amides is 1. The summed E-state index contributed by atoms with van der Waals surface area (Å²) in [6, 6.07) is 3.46. The van der Waals surface area contributed by atoms with Crippen molar-refractivity contribution >= 4 is 18.3 Å². The Kier molecular flexibility index (Phi) is 7.55. The van der Waals surface area contributed by atoms with Crippen molar-refractivity contribution in [3.63, 3.8) is 0 Å². The number of aromatic nitrogens is 1. The lowest BCUT2D eigenvalue weighted by Gasteiger charge is -2.27. The molecular formula is C13H22ClN3O. The van der Waals surface area contributed by atoms with E-state index in [0.29, 0.717) is 0 Å². The zero-order valence-electron chi connectivity index (χ0n) is 11.2. The van der Waals surface area contributed by atoms with Gasteiger partial charge in [0.2, 0.25) is 5.91 Å². The van der Waals surface area contributed by atoms with Gasteiger partial charge in [0, 0.05) is 19.4 Å². The van der Waals surface area contributed by atoms with Gasteiger partial charge in [-0.2, -0.15) is 0 Å². The Morgan fingerprint density at radius 2 is 2.00 bits per heavy atom. The minimum atomic E-state index is -0.394. The van der Waals surface area contributed by atoms with E-state index in [9.17, 15) is 4.79 Å². The number of halogens is 1.